The van der Waals surface area contributed by atoms with E-state index in [0.29, 0.717) is 5.69 Å². The van der Waals surface area contributed by atoms with Crippen LogP contribution in [0.1, 0.15) is 10.5 Å². The Morgan fingerprint density at radius 2 is 1.70 bits per heavy atom. The summed E-state index contributed by atoms with van der Waals surface area (Å²) in [5.41, 5.74) is 1.18. The van der Waals surface area contributed by atoms with Gasteiger partial charge >= 0.3 is 0 Å². The van der Waals surface area contributed by atoms with Crippen LogP contribution in [0.4, 0.5) is 5.69 Å². The molecule has 3 rings (SSSR count). The topological polar surface area (TPSA) is 42.0 Å². The molecule has 1 amide bonds. The molecule has 2 aromatic carbocycles. The highest BCUT2D eigenvalue weighted by atomic mass is 79.9. The molecule has 0 atom stereocenters. The molecule has 0 radical (unpaired) electrons. The summed E-state index contributed by atoms with van der Waals surface area (Å²) < 4.78 is 1.00. The first-order chi connectivity index (χ1) is 9.75. The van der Waals surface area contributed by atoms with Crippen molar-refractivity contribution in [2.24, 2.45) is 0 Å². The fraction of sp³-hybridized carbons (Fsp3) is 0. The molecule has 0 aliphatic heterocycles. The van der Waals surface area contributed by atoms with E-state index in [1.807, 2.05) is 36.4 Å². The van der Waals surface area contributed by atoms with E-state index in [1.165, 1.54) is 0 Å². The molecule has 0 fully saturated rings. The van der Waals surface area contributed by atoms with Gasteiger partial charge in [-0.25, -0.2) is 0 Å². The third-order valence-corrected chi connectivity index (χ3v) is 3.71. The minimum absolute atomic E-state index is 0.210. The van der Waals surface area contributed by atoms with Gasteiger partial charge in [-0.3, -0.25) is 9.78 Å². The molecule has 0 aliphatic rings. The van der Waals surface area contributed by atoms with Crippen LogP contribution in [-0.4, -0.2) is 10.9 Å². The maximum Gasteiger partial charge on any atom is 0.274 e. The lowest BCUT2D eigenvalue weighted by atomic mass is 10.1. The van der Waals surface area contributed by atoms with E-state index in [2.05, 4.69) is 26.2 Å². The van der Waals surface area contributed by atoms with Gasteiger partial charge in [0.2, 0.25) is 0 Å². The SMILES string of the molecule is O=C(Nc1ccc(Br)c2ccccc12)c1ccccn1. The Kier molecular flexibility index (Phi) is 3.48. The first-order valence-corrected chi connectivity index (χ1v) is 6.94. The molecule has 1 aromatic heterocycles. The Morgan fingerprint density at radius 1 is 0.950 bits per heavy atom. The molecule has 20 heavy (non-hydrogen) atoms. The summed E-state index contributed by atoms with van der Waals surface area (Å²) in [5, 5.41) is 4.96. The summed E-state index contributed by atoms with van der Waals surface area (Å²) >= 11 is 3.52. The van der Waals surface area contributed by atoms with Gasteiger partial charge in [-0.05, 0) is 29.7 Å². The summed E-state index contributed by atoms with van der Waals surface area (Å²) in [6.07, 6.45) is 1.61. The van der Waals surface area contributed by atoms with Crippen molar-refractivity contribution in [3.63, 3.8) is 0 Å². The number of rotatable bonds is 2. The number of halogens is 1. The van der Waals surface area contributed by atoms with Crippen LogP contribution in [0.3, 0.4) is 0 Å². The predicted octanol–water partition coefficient (Wildman–Crippen LogP) is 4.25. The van der Waals surface area contributed by atoms with Crippen LogP contribution in [0, 0.1) is 0 Å². The van der Waals surface area contributed by atoms with E-state index in [0.717, 1.165) is 20.9 Å². The lowest BCUT2D eigenvalue weighted by molar-refractivity contribution is 0.102. The second-order valence-corrected chi connectivity index (χ2v) is 5.16. The predicted molar refractivity (Wildman–Crippen MR) is 83.8 cm³/mol. The van der Waals surface area contributed by atoms with Crippen LogP contribution in [-0.2, 0) is 0 Å². The zero-order valence-corrected chi connectivity index (χ0v) is 12.1. The molecule has 0 bridgehead atoms. The highest BCUT2D eigenvalue weighted by molar-refractivity contribution is 9.10. The van der Waals surface area contributed by atoms with Gasteiger partial charge in [-0.15, -0.1) is 0 Å². The van der Waals surface area contributed by atoms with Crippen LogP contribution < -0.4 is 5.32 Å². The largest absolute Gasteiger partial charge is 0.320 e. The average molecular weight is 327 g/mol. The minimum atomic E-state index is -0.210. The number of carbonyl (C=O) groups excluding carboxylic acids is 1. The Bertz CT molecular complexity index is 772. The molecule has 0 unspecified atom stereocenters. The molecule has 0 saturated heterocycles. The average Bonchev–Trinajstić information content (AvgIpc) is 2.51. The molecule has 4 heteroatoms. The highest BCUT2D eigenvalue weighted by Gasteiger charge is 2.09. The lowest BCUT2D eigenvalue weighted by Gasteiger charge is -2.09. The van der Waals surface area contributed by atoms with Crippen molar-refractivity contribution in [3.05, 3.63) is 71.0 Å². The number of aromatic nitrogens is 1. The molecule has 1 N–H and O–H groups in total. The van der Waals surface area contributed by atoms with Crippen molar-refractivity contribution >= 4 is 38.3 Å². The van der Waals surface area contributed by atoms with E-state index in [-0.39, 0.29) is 5.91 Å². The maximum absolute atomic E-state index is 12.2. The number of amides is 1. The van der Waals surface area contributed by atoms with Gasteiger partial charge in [0.25, 0.3) is 5.91 Å². The van der Waals surface area contributed by atoms with Crippen LogP contribution in [0.5, 0.6) is 0 Å². The van der Waals surface area contributed by atoms with Crippen molar-refractivity contribution in [2.75, 3.05) is 5.32 Å². The quantitative estimate of drug-likeness (QED) is 0.764. The van der Waals surface area contributed by atoms with Gasteiger partial charge in [-0.2, -0.15) is 0 Å². The van der Waals surface area contributed by atoms with Gasteiger partial charge in [0.1, 0.15) is 5.69 Å². The fourth-order valence-corrected chi connectivity index (χ4v) is 2.53. The Hall–Kier alpha value is -2.20. The van der Waals surface area contributed by atoms with E-state index in [4.69, 9.17) is 0 Å². The molecule has 0 spiro atoms. The van der Waals surface area contributed by atoms with Crippen molar-refractivity contribution < 1.29 is 4.79 Å². The fourth-order valence-electron chi connectivity index (χ4n) is 2.05. The molecule has 3 nitrogen and oxygen atoms in total. The molecule has 0 saturated carbocycles. The number of nitrogens with zero attached hydrogens (tertiary/aromatic N) is 1. The zero-order chi connectivity index (χ0) is 13.9. The number of nitrogens with one attached hydrogen (secondary N) is 1. The molecule has 98 valence electrons. The lowest BCUT2D eigenvalue weighted by Crippen LogP contribution is -2.13. The molecular weight excluding hydrogens is 316 g/mol. The van der Waals surface area contributed by atoms with Gasteiger partial charge in [-0.1, -0.05) is 46.3 Å². The number of fused-ring (bicyclic) bond motifs is 1. The summed E-state index contributed by atoms with van der Waals surface area (Å²) in [5.74, 6) is -0.210. The van der Waals surface area contributed by atoms with Gasteiger partial charge in [0.05, 0.1) is 0 Å². The Labute approximate surface area is 124 Å². The summed E-state index contributed by atoms with van der Waals surface area (Å²) in [7, 11) is 0. The van der Waals surface area contributed by atoms with E-state index >= 15 is 0 Å². The number of hydrogen-bond acceptors (Lipinski definition) is 2. The van der Waals surface area contributed by atoms with E-state index in [9.17, 15) is 4.79 Å². The summed E-state index contributed by atoms with van der Waals surface area (Å²) in [4.78, 5) is 16.2. The molecule has 1 heterocycles. The second-order valence-electron chi connectivity index (χ2n) is 4.31. The van der Waals surface area contributed by atoms with Crippen molar-refractivity contribution in [3.8, 4) is 0 Å². The maximum atomic E-state index is 12.2. The summed E-state index contributed by atoms with van der Waals surface area (Å²) in [6.45, 7) is 0. The number of benzene rings is 2. The zero-order valence-electron chi connectivity index (χ0n) is 10.5. The van der Waals surface area contributed by atoms with Crippen LogP contribution in [0.15, 0.2) is 65.3 Å². The smallest absolute Gasteiger partial charge is 0.274 e. The van der Waals surface area contributed by atoms with E-state index in [1.54, 1.807) is 24.4 Å². The summed E-state index contributed by atoms with van der Waals surface area (Å²) in [6, 6.07) is 17.0. The third kappa shape index (κ3) is 2.42. The normalized spacial score (nSPS) is 10.4. The van der Waals surface area contributed by atoms with Crippen LogP contribution in [0.2, 0.25) is 0 Å². The Balaban J connectivity index is 2.00. The van der Waals surface area contributed by atoms with Gasteiger partial charge in [0, 0.05) is 21.7 Å². The van der Waals surface area contributed by atoms with Crippen molar-refractivity contribution in [2.45, 2.75) is 0 Å². The molecule has 3 aromatic rings. The number of carbonyl (C=O) groups is 1. The van der Waals surface area contributed by atoms with Gasteiger partial charge in [0.15, 0.2) is 0 Å². The molecule has 0 aliphatic carbocycles. The van der Waals surface area contributed by atoms with Crippen molar-refractivity contribution in [1.82, 2.24) is 4.98 Å². The highest BCUT2D eigenvalue weighted by Crippen LogP contribution is 2.30. The minimum Gasteiger partial charge on any atom is -0.320 e. The standard InChI is InChI=1S/C16H11BrN2O/c17-13-8-9-14(12-6-2-1-5-11(12)13)19-16(20)15-7-3-4-10-18-15/h1-10H,(H,19,20). The third-order valence-electron chi connectivity index (χ3n) is 3.02. The number of hydrogen-bond donors (Lipinski definition) is 1. The number of pyridine rings is 1. The first kappa shape index (κ1) is 12.8. The van der Waals surface area contributed by atoms with Crippen molar-refractivity contribution in [1.29, 1.82) is 0 Å². The van der Waals surface area contributed by atoms with Crippen LogP contribution >= 0.6 is 15.9 Å². The van der Waals surface area contributed by atoms with Crippen LogP contribution in [0.25, 0.3) is 10.8 Å². The first-order valence-electron chi connectivity index (χ1n) is 6.15. The van der Waals surface area contributed by atoms with Gasteiger partial charge < -0.3 is 5.32 Å². The number of anilines is 1. The second kappa shape index (κ2) is 5.43. The van der Waals surface area contributed by atoms with E-state index < -0.39 is 0 Å². The monoisotopic (exact) mass is 326 g/mol. The molecular formula is C16H11BrN2O. The Morgan fingerprint density at radius 3 is 2.45 bits per heavy atom.